The number of para-hydroxylation sites is 1. The highest BCUT2D eigenvalue weighted by Gasteiger charge is 2.16. The Morgan fingerprint density at radius 2 is 2.04 bits per heavy atom. The zero-order chi connectivity index (χ0) is 19.7. The van der Waals surface area contributed by atoms with E-state index >= 15 is 0 Å². The first kappa shape index (κ1) is 18.8. The monoisotopic (exact) mass is 412 g/mol. The molecule has 4 rings (SSSR count). The van der Waals surface area contributed by atoms with Crippen LogP contribution in [0.1, 0.15) is 22.0 Å². The van der Waals surface area contributed by atoms with E-state index in [0.717, 1.165) is 33.9 Å². The van der Waals surface area contributed by atoms with Gasteiger partial charge in [0.2, 0.25) is 11.1 Å². The van der Waals surface area contributed by atoms with E-state index in [4.69, 9.17) is 0 Å². The Kier molecular flexibility index (Phi) is 5.27. The average Bonchev–Trinajstić information content (AvgIpc) is 3.28. The Balaban J connectivity index is 1.41. The lowest BCUT2D eigenvalue weighted by Crippen LogP contribution is -2.28. The molecule has 1 aromatic carbocycles. The van der Waals surface area contributed by atoms with Crippen molar-refractivity contribution in [2.24, 2.45) is 0 Å². The third-order valence-corrected chi connectivity index (χ3v) is 6.18. The fraction of sp³-hybridized carbons (Fsp3) is 0.316. The predicted octanol–water partition coefficient (Wildman–Crippen LogP) is 2.97. The molecule has 0 aliphatic heterocycles. The predicted molar refractivity (Wildman–Crippen MR) is 112 cm³/mol. The molecule has 28 heavy (non-hydrogen) atoms. The molecule has 0 radical (unpaired) electrons. The maximum Gasteiger partial charge on any atom is 0.253 e. The molecule has 0 saturated heterocycles. The van der Waals surface area contributed by atoms with Gasteiger partial charge < -0.3 is 5.32 Å². The van der Waals surface area contributed by atoms with Crippen LogP contribution in [0.3, 0.4) is 0 Å². The number of fused-ring (bicyclic) bond motifs is 2. The van der Waals surface area contributed by atoms with Gasteiger partial charge in [0.25, 0.3) is 5.78 Å². The van der Waals surface area contributed by atoms with Crippen molar-refractivity contribution in [1.29, 1.82) is 0 Å². The summed E-state index contributed by atoms with van der Waals surface area (Å²) < 4.78 is 2.88. The molecule has 0 atom stereocenters. The van der Waals surface area contributed by atoms with Gasteiger partial charge in [-0.1, -0.05) is 23.9 Å². The first-order chi connectivity index (χ1) is 13.5. The third kappa shape index (κ3) is 3.72. The van der Waals surface area contributed by atoms with E-state index in [2.05, 4.69) is 31.4 Å². The summed E-state index contributed by atoms with van der Waals surface area (Å²) in [7, 11) is 0. The number of aromatic nitrogens is 5. The Morgan fingerprint density at radius 1 is 1.21 bits per heavy atom. The molecule has 9 heteroatoms. The quantitative estimate of drug-likeness (QED) is 0.490. The van der Waals surface area contributed by atoms with E-state index in [1.54, 1.807) is 15.9 Å². The lowest BCUT2D eigenvalue weighted by Gasteiger charge is -2.10. The highest BCUT2D eigenvalue weighted by molar-refractivity contribution is 7.98. The van der Waals surface area contributed by atoms with Gasteiger partial charge in [0.15, 0.2) is 0 Å². The van der Waals surface area contributed by atoms with Crippen LogP contribution in [0, 0.1) is 13.8 Å². The Labute approximate surface area is 170 Å². The zero-order valence-electron chi connectivity index (χ0n) is 15.9. The van der Waals surface area contributed by atoms with Crippen LogP contribution in [0.5, 0.6) is 0 Å². The lowest BCUT2D eigenvalue weighted by atomic mass is 10.1. The number of aryl methyl sites for hydroxylation is 2. The van der Waals surface area contributed by atoms with Crippen LogP contribution >= 0.6 is 23.1 Å². The number of hydrogen-bond acceptors (Lipinski definition) is 7. The Morgan fingerprint density at radius 3 is 2.82 bits per heavy atom. The highest BCUT2D eigenvalue weighted by atomic mass is 32.2. The molecular weight excluding hydrogens is 392 g/mol. The molecule has 144 valence electrons. The number of nitrogens with one attached hydrogen (secondary N) is 1. The normalized spacial score (nSPS) is 11.4. The van der Waals surface area contributed by atoms with E-state index in [-0.39, 0.29) is 12.3 Å². The van der Waals surface area contributed by atoms with Gasteiger partial charge in [-0.25, -0.2) is 14.5 Å². The number of carbonyl (C=O) groups excluding carboxylic acids is 1. The summed E-state index contributed by atoms with van der Waals surface area (Å²) in [6.45, 7) is 4.42. The molecule has 7 nitrogen and oxygen atoms in total. The summed E-state index contributed by atoms with van der Waals surface area (Å²) in [5, 5.41) is 9.13. The molecule has 3 heterocycles. The van der Waals surface area contributed by atoms with Gasteiger partial charge in [-0.3, -0.25) is 4.79 Å². The minimum absolute atomic E-state index is 0.0290. The van der Waals surface area contributed by atoms with Crippen molar-refractivity contribution < 1.29 is 4.79 Å². The molecule has 0 spiro atoms. The first-order valence-electron chi connectivity index (χ1n) is 8.93. The third-order valence-electron chi connectivity index (χ3n) is 4.55. The summed E-state index contributed by atoms with van der Waals surface area (Å²) in [4.78, 5) is 25.9. The summed E-state index contributed by atoms with van der Waals surface area (Å²) >= 11 is 3.14. The first-order valence-corrected chi connectivity index (χ1v) is 11.0. The van der Waals surface area contributed by atoms with Crippen molar-refractivity contribution in [2.75, 3.05) is 12.8 Å². The maximum absolute atomic E-state index is 12.5. The van der Waals surface area contributed by atoms with Gasteiger partial charge in [-0.05, 0) is 32.2 Å². The molecule has 0 bridgehead atoms. The van der Waals surface area contributed by atoms with Gasteiger partial charge >= 0.3 is 0 Å². The van der Waals surface area contributed by atoms with Crippen LogP contribution in [0.4, 0.5) is 0 Å². The fourth-order valence-electron chi connectivity index (χ4n) is 3.09. The number of nitrogens with zero attached hydrogens (tertiary/aromatic N) is 5. The van der Waals surface area contributed by atoms with Crippen molar-refractivity contribution in [3.8, 4) is 0 Å². The Hall–Kier alpha value is -2.52. The summed E-state index contributed by atoms with van der Waals surface area (Å²) in [6.07, 6.45) is 2.92. The summed E-state index contributed by atoms with van der Waals surface area (Å²) in [5.41, 5.74) is 3.61. The number of benzene rings is 1. The van der Waals surface area contributed by atoms with E-state index in [1.807, 2.05) is 38.3 Å². The zero-order valence-corrected chi connectivity index (χ0v) is 17.5. The molecule has 0 fully saturated rings. The van der Waals surface area contributed by atoms with E-state index in [9.17, 15) is 4.79 Å². The SMILES string of the molecule is CSc1nc2nc(C)c(CC(=O)NCCc3nc4ccccc4s3)c(C)n2n1. The molecule has 4 aromatic rings. The second-order valence-electron chi connectivity index (χ2n) is 6.42. The number of thiazole rings is 1. The largest absolute Gasteiger partial charge is 0.355 e. The Bertz CT molecular complexity index is 1130. The smallest absolute Gasteiger partial charge is 0.253 e. The lowest BCUT2D eigenvalue weighted by molar-refractivity contribution is -0.120. The topological polar surface area (TPSA) is 85.1 Å². The van der Waals surface area contributed by atoms with Crippen molar-refractivity contribution >= 4 is 45.0 Å². The second-order valence-corrected chi connectivity index (χ2v) is 8.31. The number of rotatable bonds is 6. The number of thioether (sulfide) groups is 1. The number of amides is 1. The average molecular weight is 413 g/mol. The van der Waals surface area contributed by atoms with Crippen LogP contribution in [0.25, 0.3) is 16.0 Å². The van der Waals surface area contributed by atoms with E-state index < -0.39 is 0 Å². The molecule has 0 unspecified atom stereocenters. The van der Waals surface area contributed by atoms with Gasteiger partial charge in [0, 0.05) is 29.9 Å². The van der Waals surface area contributed by atoms with Crippen molar-refractivity contribution in [3.05, 3.63) is 46.2 Å². The van der Waals surface area contributed by atoms with Crippen molar-refractivity contribution in [3.63, 3.8) is 0 Å². The van der Waals surface area contributed by atoms with E-state index in [1.165, 1.54) is 16.5 Å². The molecule has 0 aliphatic rings. The number of hydrogen-bond donors (Lipinski definition) is 1. The van der Waals surface area contributed by atoms with Gasteiger partial charge in [0.05, 0.1) is 21.6 Å². The fourth-order valence-corrected chi connectivity index (χ4v) is 4.39. The van der Waals surface area contributed by atoms with Gasteiger partial charge in [0.1, 0.15) is 0 Å². The van der Waals surface area contributed by atoms with Crippen LogP contribution in [0.15, 0.2) is 29.4 Å². The molecule has 0 aliphatic carbocycles. The molecule has 3 aromatic heterocycles. The van der Waals surface area contributed by atoms with Crippen LogP contribution < -0.4 is 5.32 Å². The van der Waals surface area contributed by atoms with Crippen LogP contribution in [-0.2, 0) is 17.6 Å². The molecule has 1 N–H and O–H groups in total. The van der Waals surface area contributed by atoms with E-state index in [0.29, 0.717) is 17.5 Å². The standard InChI is InChI=1S/C19H20N6OS2/c1-11-13(12(2)25-18(21-11)23-19(24-25)27-3)10-16(26)20-9-8-17-22-14-6-4-5-7-15(14)28-17/h4-7H,8-10H2,1-3H3,(H,20,26). The molecule has 0 saturated carbocycles. The summed E-state index contributed by atoms with van der Waals surface area (Å²) in [5.74, 6) is 0.540. The van der Waals surface area contributed by atoms with Crippen LogP contribution in [-0.4, -0.2) is 43.3 Å². The van der Waals surface area contributed by atoms with Gasteiger partial charge in [-0.2, -0.15) is 4.98 Å². The van der Waals surface area contributed by atoms with Gasteiger partial charge in [-0.15, -0.1) is 16.4 Å². The maximum atomic E-state index is 12.5. The summed E-state index contributed by atoms with van der Waals surface area (Å²) in [6, 6.07) is 8.07. The minimum atomic E-state index is -0.0290. The second kappa shape index (κ2) is 7.84. The molecule has 1 amide bonds. The van der Waals surface area contributed by atoms with Crippen molar-refractivity contribution in [2.45, 2.75) is 31.8 Å². The van der Waals surface area contributed by atoms with Crippen molar-refractivity contribution in [1.82, 2.24) is 29.9 Å². The minimum Gasteiger partial charge on any atom is -0.355 e. The highest BCUT2D eigenvalue weighted by Crippen LogP contribution is 2.21. The number of carbonyl (C=O) groups is 1. The van der Waals surface area contributed by atoms with Crippen LogP contribution in [0.2, 0.25) is 0 Å². The molecular formula is C19H20N6OS2.